The van der Waals surface area contributed by atoms with Crippen LogP contribution in [-0.2, 0) is 22.7 Å². The van der Waals surface area contributed by atoms with E-state index in [0.717, 1.165) is 18.4 Å². The van der Waals surface area contributed by atoms with E-state index in [1.807, 2.05) is 12.1 Å². The van der Waals surface area contributed by atoms with Crippen LogP contribution in [0, 0.1) is 11.8 Å². The zero-order valence-electron chi connectivity index (χ0n) is 16.0. The summed E-state index contributed by atoms with van der Waals surface area (Å²) in [5.74, 6) is -1.64. The molecule has 2 N–H and O–H groups in total. The van der Waals surface area contributed by atoms with E-state index in [4.69, 9.17) is 4.42 Å². The Bertz CT molecular complexity index is 886. The Morgan fingerprint density at radius 2 is 1.72 bits per heavy atom. The highest BCUT2D eigenvalue weighted by Gasteiger charge is 2.43. The molecule has 0 bridgehead atoms. The molecule has 2 saturated carbocycles. The van der Waals surface area contributed by atoms with Gasteiger partial charge in [-0.2, -0.15) is 0 Å². The number of aliphatic carboxylic acids is 1. The Labute approximate surface area is 168 Å². The van der Waals surface area contributed by atoms with Crippen LogP contribution in [0.3, 0.4) is 0 Å². The van der Waals surface area contributed by atoms with Crippen molar-refractivity contribution in [2.24, 2.45) is 11.8 Å². The van der Waals surface area contributed by atoms with E-state index in [1.54, 1.807) is 35.4 Å². The second-order valence-corrected chi connectivity index (χ2v) is 7.85. The average molecular weight is 396 g/mol. The third kappa shape index (κ3) is 4.50. The van der Waals surface area contributed by atoms with Gasteiger partial charge in [-0.1, -0.05) is 12.1 Å². The molecule has 0 saturated heterocycles. The predicted molar refractivity (Wildman–Crippen MR) is 104 cm³/mol. The lowest BCUT2D eigenvalue weighted by atomic mass is 9.73. The molecule has 2 atom stereocenters. The highest BCUT2D eigenvalue weighted by Crippen LogP contribution is 2.36. The van der Waals surface area contributed by atoms with Crippen molar-refractivity contribution in [1.82, 2.24) is 10.2 Å². The Hall–Kier alpha value is -3.09. The van der Waals surface area contributed by atoms with Crippen LogP contribution in [0.5, 0.6) is 0 Å². The van der Waals surface area contributed by atoms with Gasteiger partial charge in [0.1, 0.15) is 5.76 Å². The number of carboxylic acid groups (broad SMARTS) is 1. The molecular weight excluding hydrogens is 372 g/mol. The van der Waals surface area contributed by atoms with Gasteiger partial charge < -0.3 is 19.7 Å². The van der Waals surface area contributed by atoms with Crippen LogP contribution in [0.15, 0.2) is 47.1 Å². The molecule has 0 spiro atoms. The normalized spacial score (nSPS) is 20.6. The summed E-state index contributed by atoms with van der Waals surface area (Å²) in [6.07, 6.45) is 4.74. The average Bonchev–Trinajstić information content (AvgIpc) is 3.32. The van der Waals surface area contributed by atoms with Crippen molar-refractivity contribution < 1.29 is 23.9 Å². The number of hydrogen-bond donors (Lipinski definition) is 2. The first-order valence-electron chi connectivity index (χ1n) is 9.95. The minimum absolute atomic E-state index is 0.0821. The van der Waals surface area contributed by atoms with E-state index in [2.05, 4.69) is 5.32 Å². The number of nitrogens with zero attached hydrogens (tertiary/aromatic N) is 1. The van der Waals surface area contributed by atoms with E-state index in [9.17, 15) is 19.5 Å². The first kappa shape index (κ1) is 19.2. The van der Waals surface area contributed by atoms with E-state index >= 15 is 0 Å². The van der Waals surface area contributed by atoms with Gasteiger partial charge in [0.2, 0.25) is 5.91 Å². The van der Waals surface area contributed by atoms with Crippen molar-refractivity contribution in [3.63, 3.8) is 0 Å². The summed E-state index contributed by atoms with van der Waals surface area (Å²) >= 11 is 0. The van der Waals surface area contributed by atoms with Gasteiger partial charge in [-0.15, -0.1) is 0 Å². The number of carbonyl (C=O) groups excluding carboxylic acids is 2. The molecule has 152 valence electrons. The van der Waals surface area contributed by atoms with Crippen molar-refractivity contribution in [3.05, 3.63) is 59.5 Å². The molecule has 0 radical (unpaired) electrons. The number of rotatable bonds is 8. The molecular formula is C22H24N2O5. The third-order valence-corrected chi connectivity index (χ3v) is 5.65. The summed E-state index contributed by atoms with van der Waals surface area (Å²) < 4.78 is 5.39. The fourth-order valence-electron chi connectivity index (χ4n) is 3.61. The molecule has 1 heterocycles. The lowest BCUT2D eigenvalue weighted by molar-refractivity contribution is -0.157. The van der Waals surface area contributed by atoms with Crippen LogP contribution >= 0.6 is 0 Å². The second-order valence-electron chi connectivity index (χ2n) is 7.85. The Morgan fingerprint density at radius 1 is 1.00 bits per heavy atom. The van der Waals surface area contributed by atoms with Gasteiger partial charge in [0.05, 0.1) is 24.6 Å². The maximum absolute atomic E-state index is 13.0. The number of carboxylic acids is 1. The highest BCUT2D eigenvalue weighted by molar-refractivity contribution is 5.94. The number of hydrogen-bond acceptors (Lipinski definition) is 4. The van der Waals surface area contributed by atoms with E-state index in [1.165, 1.54) is 0 Å². The van der Waals surface area contributed by atoms with Gasteiger partial charge in [-0.25, -0.2) is 0 Å². The molecule has 2 aliphatic carbocycles. The molecule has 7 heteroatoms. The first-order valence-corrected chi connectivity index (χ1v) is 9.95. The maximum atomic E-state index is 13.0. The molecule has 7 nitrogen and oxygen atoms in total. The molecule has 1 aromatic carbocycles. The topological polar surface area (TPSA) is 99.9 Å². The first-order chi connectivity index (χ1) is 14.0. The number of amides is 2. The molecule has 4 rings (SSSR count). The Kier molecular flexibility index (Phi) is 5.38. The smallest absolute Gasteiger partial charge is 0.307 e. The van der Waals surface area contributed by atoms with Gasteiger partial charge in [-0.3, -0.25) is 14.4 Å². The van der Waals surface area contributed by atoms with E-state index in [0.29, 0.717) is 36.8 Å². The van der Waals surface area contributed by atoms with Crippen molar-refractivity contribution in [2.45, 2.75) is 44.8 Å². The van der Waals surface area contributed by atoms with Crippen LogP contribution in [0.25, 0.3) is 0 Å². The van der Waals surface area contributed by atoms with Crippen LogP contribution in [0.4, 0.5) is 0 Å². The standard InChI is InChI=1S/C22H24N2O5/c25-20(23-16-7-8-16)15-5-3-14(4-6-15)12-24(13-17-2-1-11-29-17)21(26)18-9-10-19(18)22(27)28/h1-6,11,16,18-19H,7-10,12-13H2,(H,23,25)(H,27,28). The van der Waals surface area contributed by atoms with Crippen LogP contribution < -0.4 is 5.32 Å². The van der Waals surface area contributed by atoms with Crippen molar-refractivity contribution in [3.8, 4) is 0 Å². The number of carbonyl (C=O) groups is 3. The molecule has 29 heavy (non-hydrogen) atoms. The Morgan fingerprint density at radius 3 is 2.28 bits per heavy atom. The van der Waals surface area contributed by atoms with Gasteiger partial charge in [0.25, 0.3) is 5.91 Å². The molecule has 2 fully saturated rings. The molecule has 2 aromatic rings. The fourth-order valence-corrected chi connectivity index (χ4v) is 3.61. The minimum Gasteiger partial charge on any atom is -0.481 e. The highest BCUT2D eigenvalue weighted by atomic mass is 16.4. The van der Waals surface area contributed by atoms with Gasteiger partial charge in [-0.05, 0) is 55.5 Å². The molecule has 2 aliphatic rings. The molecule has 1 aromatic heterocycles. The number of benzene rings is 1. The van der Waals surface area contributed by atoms with E-state index in [-0.39, 0.29) is 18.4 Å². The summed E-state index contributed by atoms with van der Waals surface area (Å²) in [5.41, 5.74) is 1.47. The summed E-state index contributed by atoms with van der Waals surface area (Å²) in [4.78, 5) is 38.2. The summed E-state index contributed by atoms with van der Waals surface area (Å²) in [7, 11) is 0. The van der Waals surface area contributed by atoms with Crippen molar-refractivity contribution in [1.29, 1.82) is 0 Å². The largest absolute Gasteiger partial charge is 0.481 e. The zero-order chi connectivity index (χ0) is 20.4. The lowest BCUT2D eigenvalue weighted by Gasteiger charge is -2.36. The Balaban J connectivity index is 1.46. The monoisotopic (exact) mass is 396 g/mol. The third-order valence-electron chi connectivity index (χ3n) is 5.65. The quantitative estimate of drug-likeness (QED) is 0.715. The van der Waals surface area contributed by atoms with Crippen molar-refractivity contribution in [2.75, 3.05) is 0 Å². The predicted octanol–water partition coefficient (Wildman–Crippen LogP) is 2.81. The number of nitrogens with one attached hydrogen (secondary N) is 1. The van der Waals surface area contributed by atoms with Gasteiger partial charge in [0.15, 0.2) is 0 Å². The SMILES string of the molecule is O=C(NC1CC1)c1ccc(CN(Cc2ccco2)C(=O)C2CCC2C(=O)O)cc1. The van der Waals surface area contributed by atoms with Gasteiger partial charge >= 0.3 is 5.97 Å². The summed E-state index contributed by atoms with van der Waals surface area (Å²) in [6, 6.07) is 11.0. The molecule has 0 aliphatic heterocycles. The van der Waals surface area contributed by atoms with Crippen LogP contribution in [-0.4, -0.2) is 33.8 Å². The zero-order valence-corrected chi connectivity index (χ0v) is 16.0. The van der Waals surface area contributed by atoms with Crippen LogP contribution in [0.2, 0.25) is 0 Å². The maximum Gasteiger partial charge on any atom is 0.307 e. The second kappa shape index (κ2) is 8.11. The fraction of sp³-hybridized carbons (Fsp3) is 0.409. The summed E-state index contributed by atoms with van der Waals surface area (Å²) in [5, 5.41) is 12.3. The minimum atomic E-state index is -0.918. The molecule has 2 amide bonds. The number of furan rings is 1. The summed E-state index contributed by atoms with van der Waals surface area (Å²) in [6.45, 7) is 0.603. The molecule has 2 unspecified atom stereocenters. The van der Waals surface area contributed by atoms with E-state index < -0.39 is 17.8 Å². The van der Waals surface area contributed by atoms with Crippen LogP contribution in [0.1, 0.15) is 47.4 Å². The van der Waals surface area contributed by atoms with Crippen molar-refractivity contribution >= 4 is 17.8 Å². The van der Waals surface area contributed by atoms with Gasteiger partial charge in [0, 0.05) is 18.2 Å². The lowest BCUT2D eigenvalue weighted by Crippen LogP contribution is -2.45.